The lowest BCUT2D eigenvalue weighted by Gasteiger charge is -2.04. The number of halogens is 2. The second-order valence-corrected chi connectivity index (χ2v) is 3.77. The molecule has 0 unspecified atom stereocenters. The highest BCUT2D eigenvalue weighted by molar-refractivity contribution is 9.10. The summed E-state index contributed by atoms with van der Waals surface area (Å²) >= 11 is 3.25. The van der Waals surface area contributed by atoms with Crippen LogP contribution in [0.1, 0.15) is 25.3 Å². The number of nitrogens with one attached hydrogen (secondary N) is 1. The third-order valence-electron chi connectivity index (χ3n) is 1.75. The van der Waals surface area contributed by atoms with Crippen LogP contribution < -0.4 is 0 Å². The van der Waals surface area contributed by atoms with Crippen LogP contribution in [0.15, 0.2) is 22.7 Å². The summed E-state index contributed by atoms with van der Waals surface area (Å²) < 4.78 is 14.0. The molecule has 0 atom stereocenters. The Hall–Kier alpha value is -0.700. The first kappa shape index (κ1) is 10.4. The lowest BCUT2D eigenvalue weighted by Crippen LogP contribution is -2.01. The predicted molar refractivity (Wildman–Crippen MR) is 55.8 cm³/mol. The van der Waals surface area contributed by atoms with Crippen molar-refractivity contribution in [2.45, 2.75) is 19.8 Å². The van der Waals surface area contributed by atoms with Crippen molar-refractivity contribution in [1.29, 1.82) is 5.41 Å². The van der Waals surface area contributed by atoms with Crippen LogP contribution in [0.25, 0.3) is 0 Å². The number of benzene rings is 1. The maximum atomic E-state index is 13.2. The minimum atomic E-state index is -0.318. The fraction of sp³-hybridized carbons (Fsp3) is 0.300. The molecule has 1 aromatic rings. The van der Waals surface area contributed by atoms with Crippen molar-refractivity contribution in [3.8, 4) is 0 Å². The Morgan fingerprint density at radius 2 is 2.23 bits per heavy atom. The zero-order chi connectivity index (χ0) is 9.84. The maximum absolute atomic E-state index is 13.2. The van der Waals surface area contributed by atoms with Gasteiger partial charge in [-0.15, -0.1) is 0 Å². The second-order valence-electron chi connectivity index (χ2n) is 2.85. The first-order chi connectivity index (χ1) is 6.15. The molecule has 13 heavy (non-hydrogen) atoms. The molecule has 1 nitrogen and oxygen atoms in total. The fourth-order valence-electron chi connectivity index (χ4n) is 1.11. The van der Waals surface area contributed by atoms with Gasteiger partial charge in [0, 0.05) is 15.7 Å². The van der Waals surface area contributed by atoms with Gasteiger partial charge in [-0.25, -0.2) is 4.39 Å². The van der Waals surface area contributed by atoms with E-state index < -0.39 is 0 Å². The highest BCUT2D eigenvalue weighted by Gasteiger charge is 2.07. The molecule has 0 amide bonds. The molecule has 1 rings (SSSR count). The minimum absolute atomic E-state index is 0.318. The standard InChI is InChI=1S/C10H11BrFN/c1-2-3-10(13)8-6-7(11)4-5-9(8)12/h4-6,13H,2-3H2,1H3. The molecule has 0 fully saturated rings. The van der Waals surface area contributed by atoms with Crippen LogP contribution in [-0.2, 0) is 0 Å². The van der Waals surface area contributed by atoms with E-state index in [1.165, 1.54) is 6.07 Å². The third-order valence-corrected chi connectivity index (χ3v) is 2.25. The lowest BCUT2D eigenvalue weighted by atomic mass is 10.1. The van der Waals surface area contributed by atoms with E-state index in [1.54, 1.807) is 12.1 Å². The second kappa shape index (κ2) is 4.51. The quantitative estimate of drug-likeness (QED) is 0.783. The van der Waals surface area contributed by atoms with Crippen molar-refractivity contribution in [3.63, 3.8) is 0 Å². The smallest absolute Gasteiger partial charge is 0.132 e. The number of rotatable bonds is 3. The van der Waals surface area contributed by atoms with Gasteiger partial charge < -0.3 is 5.41 Å². The van der Waals surface area contributed by atoms with Gasteiger partial charge in [-0.3, -0.25) is 0 Å². The maximum Gasteiger partial charge on any atom is 0.132 e. The Labute approximate surface area is 85.6 Å². The Kier molecular flexibility index (Phi) is 3.60. The summed E-state index contributed by atoms with van der Waals surface area (Å²) in [4.78, 5) is 0. The van der Waals surface area contributed by atoms with Gasteiger partial charge in [0.05, 0.1) is 0 Å². The van der Waals surface area contributed by atoms with Crippen LogP contribution in [0, 0.1) is 11.2 Å². The third kappa shape index (κ3) is 2.62. The molecule has 0 aliphatic carbocycles. The summed E-state index contributed by atoms with van der Waals surface area (Å²) in [5.74, 6) is -0.318. The number of hydrogen-bond acceptors (Lipinski definition) is 1. The summed E-state index contributed by atoms with van der Waals surface area (Å²) in [7, 11) is 0. The summed E-state index contributed by atoms with van der Waals surface area (Å²) in [5, 5.41) is 7.61. The number of hydrogen-bond donors (Lipinski definition) is 1. The predicted octanol–water partition coefficient (Wildman–Crippen LogP) is 3.76. The van der Waals surface area contributed by atoms with Crippen LogP contribution in [-0.4, -0.2) is 5.71 Å². The summed E-state index contributed by atoms with van der Waals surface area (Å²) in [6.45, 7) is 1.98. The van der Waals surface area contributed by atoms with Crippen molar-refractivity contribution >= 4 is 21.6 Å². The molecule has 0 aromatic heterocycles. The normalized spacial score (nSPS) is 10.1. The van der Waals surface area contributed by atoms with Crippen molar-refractivity contribution in [1.82, 2.24) is 0 Å². The summed E-state index contributed by atoms with van der Waals surface area (Å²) in [6, 6.07) is 4.66. The molecule has 0 saturated carbocycles. The molecule has 0 heterocycles. The fourth-order valence-corrected chi connectivity index (χ4v) is 1.47. The van der Waals surface area contributed by atoms with Gasteiger partial charge in [0.2, 0.25) is 0 Å². The molecule has 0 aliphatic heterocycles. The van der Waals surface area contributed by atoms with Crippen LogP contribution in [0.3, 0.4) is 0 Å². The van der Waals surface area contributed by atoms with E-state index in [1.807, 2.05) is 6.92 Å². The van der Waals surface area contributed by atoms with E-state index in [2.05, 4.69) is 15.9 Å². The summed E-state index contributed by atoms with van der Waals surface area (Å²) in [5.41, 5.74) is 0.762. The molecule has 3 heteroatoms. The molecule has 0 spiro atoms. The van der Waals surface area contributed by atoms with Gasteiger partial charge in [-0.2, -0.15) is 0 Å². The van der Waals surface area contributed by atoms with E-state index in [9.17, 15) is 4.39 Å². The highest BCUT2D eigenvalue weighted by atomic mass is 79.9. The Morgan fingerprint density at radius 1 is 1.54 bits per heavy atom. The van der Waals surface area contributed by atoms with Gasteiger partial charge in [0.15, 0.2) is 0 Å². The molecule has 70 valence electrons. The monoisotopic (exact) mass is 243 g/mol. The van der Waals surface area contributed by atoms with E-state index in [0.29, 0.717) is 17.7 Å². The molecule has 0 radical (unpaired) electrons. The first-order valence-corrected chi connectivity index (χ1v) is 4.97. The van der Waals surface area contributed by atoms with Crippen LogP contribution in [0.4, 0.5) is 4.39 Å². The van der Waals surface area contributed by atoms with E-state index in [-0.39, 0.29) is 5.82 Å². The molecule has 0 bridgehead atoms. The van der Waals surface area contributed by atoms with Gasteiger partial charge in [0.1, 0.15) is 5.82 Å². The molecular formula is C10H11BrFN. The van der Waals surface area contributed by atoms with Crippen molar-refractivity contribution in [2.75, 3.05) is 0 Å². The van der Waals surface area contributed by atoms with Gasteiger partial charge in [-0.1, -0.05) is 29.3 Å². The minimum Gasteiger partial charge on any atom is -0.305 e. The highest BCUT2D eigenvalue weighted by Crippen LogP contribution is 2.17. The van der Waals surface area contributed by atoms with Crippen LogP contribution in [0.2, 0.25) is 0 Å². The van der Waals surface area contributed by atoms with E-state index >= 15 is 0 Å². The average Bonchev–Trinajstić information content (AvgIpc) is 2.09. The molecular weight excluding hydrogens is 233 g/mol. The largest absolute Gasteiger partial charge is 0.305 e. The SMILES string of the molecule is CCCC(=N)c1cc(Br)ccc1F. The Morgan fingerprint density at radius 3 is 2.85 bits per heavy atom. The zero-order valence-electron chi connectivity index (χ0n) is 7.40. The van der Waals surface area contributed by atoms with Gasteiger partial charge in [-0.05, 0) is 24.6 Å². The zero-order valence-corrected chi connectivity index (χ0v) is 8.99. The van der Waals surface area contributed by atoms with Crippen LogP contribution in [0.5, 0.6) is 0 Å². The van der Waals surface area contributed by atoms with Crippen molar-refractivity contribution in [2.24, 2.45) is 0 Å². The van der Waals surface area contributed by atoms with E-state index in [0.717, 1.165) is 10.9 Å². The first-order valence-electron chi connectivity index (χ1n) is 4.18. The van der Waals surface area contributed by atoms with Crippen LogP contribution >= 0.6 is 15.9 Å². The molecule has 1 N–H and O–H groups in total. The molecule has 0 aliphatic rings. The molecule has 1 aromatic carbocycles. The average molecular weight is 244 g/mol. The lowest BCUT2D eigenvalue weighted by molar-refractivity contribution is 0.624. The Balaban J connectivity index is 2.99. The summed E-state index contributed by atoms with van der Waals surface area (Å²) in [6.07, 6.45) is 1.48. The van der Waals surface area contributed by atoms with Gasteiger partial charge >= 0.3 is 0 Å². The van der Waals surface area contributed by atoms with E-state index in [4.69, 9.17) is 5.41 Å². The Bertz CT molecular complexity index is 323. The van der Waals surface area contributed by atoms with Crippen molar-refractivity contribution in [3.05, 3.63) is 34.1 Å². The molecule has 0 saturated heterocycles. The topological polar surface area (TPSA) is 23.9 Å². The van der Waals surface area contributed by atoms with Crippen molar-refractivity contribution < 1.29 is 4.39 Å². The van der Waals surface area contributed by atoms with Gasteiger partial charge in [0.25, 0.3) is 0 Å².